The van der Waals surface area contributed by atoms with Crippen molar-refractivity contribution in [1.82, 2.24) is 9.47 Å². The summed E-state index contributed by atoms with van der Waals surface area (Å²) >= 11 is 1.68. The van der Waals surface area contributed by atoms with Gasteiger partial charge in [-0.05, 0) is 72.3 Å². The van der Waals surface area contributed by atoms with Gasteiger partial charge in [-0.2, -0.15) is 0 Å². The number of aryl methyl sites for hydroxylation is 2. The number of aromatic nitrogens is 1. The van der Waals surface area contributed by atoms with Crippen LogP contribution in [-0.4, -0.2) is 15.5 Å². The maximum absolute atomic E-state index is 13.6. The number of nitrogens with zero attached hydrogens (tertiary/aromatic N) is 2. The summed E-state index contributed by atoms with van der Waals surface area (Å²) in [5, 5.41) is 5.21. The van der Waals surface area contributed by atoms with Gasteiger partial charge in [-0.25, -0.2) is 4.79 Å². The first-order chi connectivity index (χ1) is 14.6. The number of urea groups is 1. The summed E-state index contributed by atoms with van der Waals surface area (Å²) in [7, 11) is 0. The van der Waals surface area contributed by atoms with Crippen molar-refractivity contribution in [3.63, 3.8) is 0 Å². The number of fused-ring (bicyclic) bond motifs is 3. The smallest absolute Gasteiger partial charge is 0.318 e. The van der Waals surface area contributed by atoms with E-state index in [1.54, 1.807) is 11.3 Å². The predicted molar refractivity (Wildman–Crippen MR) is 122 cm³/mol. The molecule has 0 bridgehead atoms. The van der Waals surface area contributed by atoms with Crippen molar-refractivity contribution >= 4 is 23.1 Å². The predicted octanol–water partition coefficient (Wildman–Crippen LogP) is 6.29. The maximum Gasteiger partial charge on any atom is 0.323 e. The zero-order valence-electron chi connectivity index (χ0n) is 17.0. The van der Waals surface area contributed by atoms with Gasteiger partial charge in [0, 0.05) is 16.8 Å². The van der Waals surface area contributed by atoms with Crippen LogP contribution in [-0.2, 0) is 6.54 Å². The van der Waals surface area contributed by atoms with Crippen LogP contribution in [0.25, 0.3) is 5.69 Å². The lowest BCUT2D eigenvalue weighted by Crippen LogP contribution is -2.37. The van der Waals surface area contributed by atoms with Crippen LogP contribution in [0.1, 0.15) is 33.3 Å². The fourth-order valence-corrected chi connectivity index (χ4v) is 4.95. The lowest BCUT2D eigenvalue weighted by atomic mass is 10.1. The van der Waals surface area contributed by atoms with Crippen molar-refractivity contribution in [1.29, 1.82) is 0 Å². The Morgan fingerprint density at radius 1 is 1.00 bits per heavy atom. The van der Waals surface area contributed by atoms with Gasteiger partial charge >= 0.3 is 6.03 Å². The van der Waals surface area contributed by atoms with Crippen molar-refractivity contribution in [3.05, 3.63) is 106 Å². The summed E-state index contributed by atoms with van der Waals surface area (Å²) in [6.07, 6.45) is 2.08. The topological polar surface area (TPSA) is 37.3 Å². The molecule has 0 unspecified atom stereocenters. The summed E-state index contributed by atoms with van der Waals surface area (Å²) in [4.78, 5) is 16.7. The first-order valence-corrected chi connectivity index (χ1v) is 10.9. The third-order valence-electron chi connectivity index (χ3n) is 5.80. The molecule has 2 aromatic heterocycles. The molecule has 5 rings (SSSR count). The Balaban J connectivity index is 1.60. The monoisotopic (exact) mass is 413 g/mol. The van der Waals surface area contributed by atoms with Crippen LogP contribution in [0.4, 0.5) is 10.5 Å². The molecule has 2 aromatic carbocycles. The molecule has 30 heavy (non-hydrogen) atoms. The molecule has 1 aliphatic heterocycles. The number of anilines is 1. The molecule has 4 nitrogen and oxygen atoms in total. The van der Waals surface area contributed by atoms with Crippen molar-refractivity contribution in [2.75, 3.05) is 5.32 Å². The van der Waals surface area contributed by atoms with Crippen LogP contribution in [0.2, 0.25) is 0 Å². The van der Waals surface area contributed by atoms with Crippen molar-refractivity contribution < 1.29 is 4.79 Å². The molecule has 1 aliphatic rings. The van der Waals surface area contributed by atoms with E-state index in [9.17, 15) is 4.79 Å². The van der Waals surface area contributed by atoms with Gasteiger partial charge in [-0.1, -0.05) is 30.3 Å². The number of thiophene rings is 1. The molecule has 3 heterocycles. The third kappa shape index (κ3) is 3.21. The van der Waals surface area contributed by atoms with E-state index in [1.807, 2.05) is 41.3 Å². The normalized spacial score (nSPS) is 15.3. The van der Waals surface area contributed by atoms with E-state index in [2.05, 4.69) is 65.6 Å². The molecular weight excluding hydrogens is 390 g/mol. The van der Waals surface area contributed by atoms with Crippen LogP contribution in [0.3, 0.4) is 0 Å². The molecule has 150 valence electrons. The van der Waals surface area contributed by atoms with Crippen LogP contribution in [0.15, 0.2) is 78.3 Å². The van der Waals surface area contributed by atoms with Gasteiger partial charge in [0.2, 0.25) is 0 Å². The second kappa shape index (κ2) is 7.50. The van der Waals surface area contributed by atoms with Crippen LogP contribution >= 0.6 is 11.3 Å². The Morgan fingerprint density at radius 3 is 2.67 bits per heavy atom. The Labute approximate surface area is 180 Å². The number of hydrogen-bond acceptors (Lipinski definition) is 2. The number of amides is 2. The summed E-state index contributed by atoms with van der Waals surface area (Å²) in [6.45, 7) is 4.68. The highest BCUT2D eigenvalue weighted by Crippen LogP contribution is 2.38. The van der Waals surface area contributed by atoms with Crippen molar-refractivity contribution in [2.45, 2.75) is 26.4 Å². The van der Waals surface area contributed by atoms with Gasteiger partial charge in [0.1, 0.15) is 6.04 Å². The molecule has 0 spiro atoms. The van der Waals surface area contributed by atoms with Crippen LogP contribution in [0, 0.1) is 13.8 Å². The highest BCUT2D eigenvalue weighted by Gasteiger charge is 2.33. The number of nitrogens with one attached hydrogen (secondary N) is 1. The number of para-hydroxylation sites is 1. The number of benzene rings is 2. The van der Waals surface area contributed by atoms with Crippen LogP contribution in [0.5, 0.6) is 0 Å². The Bertz CT molecular complexity index is 1210. The average Bonchev–Trinajstić information content (AvgIpc) is 3.42. The van der Waals surface area contributed by atoms with Gasteiger partial charge < -0.3 is 14.8 Å². The van der Waals surface area contributed by atoms with E-state index >= 15 is 0 Å². The van der Waals surface area contributed by atoms with Gasteiger partial charge in [-0.3, -0.25) is 0 Å². The van der Waals surface area contributed by atoms with Gasteiger partial charge in [0.25, 0.3) is 0 Å². The molecule has 0 saturated heterocycles. The summed E-state index contributed by atoms with van der Waals surface area (Å²) < 4.78 is 2.21. The third-order valence-corrected chi connectivity index (χ3v) is 6.72. The molecule has 1 N–H and O–H groups in total. The molecule has 2 amide bonds. The number of carbonyl (C=O) groups is 1. The van der Waals surface area contributed by atoms with E-state index in [-0.39, 0.29) is 12.1 Å². The first-order valence-electron chi connectivity index (χ1n) is 10.1. The van der Waals surface area contributed by atoms with Gasteiger partial charge in [-0.15, -0.1) is 11.3 Å². The number of hydrogen-bond donors (Lipinski definition) is 1. The SMILES string of the molecule is Cc1ccc(NC(=O)N2Cc3ccccc3-n3cccc3[C@@H]2c2cccs2)cc1C. The molecule has 0 fully saturated rings. The highest BCUT2D eigenvalue weighted by atomic mass is 32.1. The molecule has 0 saturated carbocycles. The molecular formula is C25H23N3OS. The zero-order valence-corrected chi connectivity index (χ0v) is 17.8. The zero-order chi connectivity index (χ0) is 20.7. The fourth-order valence-electron chi connectivity index (χ4n) is 4.10. The Kier molecular flexibility index (Phi) is 4.68. The van der Waals surface area contributed by atoms with Crippen molar-refractivity contribution in [3.8, 4) is 5.69 Å². The number of carbonyl (C=O) groups excluding carboxylic acids is 1. The summed E-state index contributed by atoms with van der Waals surface area (Å²) in [5.41, 5.74) is 6.55. The minimum atomic E-state index is -0.154. The second-order valence-corrected chi connectivity index (χ2v) is 8.69. The fraction of sp³-hybridized carbons (Fsp3) is 0.160. The summed E-state index contributed by atoms with van der Waals surface area (Å²) in [6, 6.07) is 22.4. The summed E-state index contributed by atoms with van der Waals surface area (Å²) in [5.74, 6) is 0. The lowest BCUT2D eigenvalue weighted by molar-refractivity contribution is 0.195. The van der Waals surface area contributed by atoms with Crippen LogP contribution < -0.4 is 5.32 Å². The van der Waals surface area contributed by atoms with E-state index in [0.29, 0.717) is 6.54 Å². The molecule has 0 radical (unpaired) electrons. The largest absolute Gasteiger partial charge is 0.323 e. The maximum atomic E-state index is 13.6. The second-order valence-electron chi connectivity index (χ2n) is 7.71. The quantitative estimate of drug-likeness (QED) is 0.412. The Hall–Kier alpha value is -3.31. The van der Waals surface area contributed by atoms with E-state index in [0.717, 1.165) is 33.1 Å². The van der Waals surface area contributed by atoms with E-state index < -0.39 is 0 Å². The minimum Gasteiger partial charge on any atom is -0.318 e. The van der Waals surface area contributed by atoms with Gasteiger partial charge in [0.15, 0.2) is 0 Å². The van der Waals surface area contributed by atoms with E-state index in [4.69, 9.17) is 0 Å². The molecule has 1 atom stereocenters. The van der Waals surface area contributed by atoms with Crippen molar-refractivity contribution in [2.24, 2.45) is 0 Å². The average molecular weight is 414 g/mol. The van der Waals surface area contributed by atoms with E-state index in [1.165, 1.54) is 5.56 Å². The lowest BCUT2D eigenvalue weighted by Gasteiger charge is -2.30. The van der Waals surface area contributed by atoms with Gasteiger partial charge in [0.05, 0.1) is 17.9 Å². The molecule has 4 aromatic rings. The highest BCUT2D eigenvalue weighted by molar-refractivity contribution is 7.10. The first kappa shape index (κ1) is 18.7. The molecule has 5 heteroatoms. The standard InChI is InChI=1S/C25H23N3OS/c1-17-11-12-20(15-18(17)2)26-25(29)28-16-19-7-3-4-8-21(19)27-13-5-9-22(27)24(28)23-10-6-14-30-23/h3-15,24H,16H2,1-2H3,(H,26,29)/t24-/m1/s1. The molecule has 0 aliphatic carbocycles. The minimum absolute atomic E-state index is 0.0962. The number of rotatable bonds is 2. The Morgan fingerprint density at radius 2 is 1.87 bits per heavy atom.